The highest BCUT2D eigenvalue weighted by Crippen LogP contribution is 2.58. The first kappa shape index (κ1) is 21.9. The van der Waals surface area contributed by atoms with E-state index in [0.717, 1.165) is 46.6 Å². The number of halogens is 1. The fourth-order valence-electron chi connectivity index (χ4n) is 5.38. The van der Waals surface area contributed by atoms with Gasteiger partial charge >= 0.3 is 5.97 Å². The van der Waals surface area contributed by atoms with E-state index in [4.69, 9.17) is 9.84 Å². The van der Waals surface area contributed by atoms with Gasteiger partial charge in [-0.1, -0.05) is 28.1 Å². The number of rotatable bonds is 7. The highest BCUT2D eigenvalue weighted by Gasteiger charge is 2.55. The van der Waals surface area contributed by atoms with Crippen LogP contribution in [0, 0.1) is 11.3 Å². The van der Waals surface area contributed by atoms with Crippen molar-refractivity contribution in [3.05, 3.63) is 58.3 Å². The number of hydrogen-bond acceptors (Lipinski definition) is 4. The van der Waals surface area contributed by atoms with Gasteiger partial charge in [0.05, 0.1) is 29.0 Å². The zero-order valence-corrected chi connectivity index (χ0v) is 20.0. The molecular formula is C25H26BrN3O4. The third kappa shape index (κ3) is 4.12. The van der Waals surface area contributed by atoms with Gasteiger partial charge in [-0.15, -0.1) is 0 Å². The molecule has 1 aromatic carbocycles. The minimum atomic E-state index is -0.706. The fourth-order valence-corrected chi connectivity index (χ4v) is 5.64. The van der Waals surface area contributed by atoms with Crippen molar-refractivity contribution in [1.29, 1.82) is 0 Å². The summed E-state index contributed by atoms with van der Waals surface area (Å²) in [6.07, 6.45) is 6.69. The van der Waals surface area contributed by atoms with E-state index in [1.54, 1.807) is 6.20 Å². The first-order valence-corrected chi connectivity index (χ1v) is 12.1. The quantitative estimate of drug-likeness (QED) is 0.482. The molecule has 0 atom stereocenters. The van der Waals surface area contributed by atoms with Crippen LogP contribution in [0.2, 0.25) is 0 Å². The zero-order valence-electron chi connectivity index (χ0n) is 18.4. The van der Waals surface area contributed by atoms with Gasteiger partial charge in [0.15, 0.2) is 0 Å². The van der Waals surface area contributed by atoms with Crippen molar-refractivity contribution in [1.82, 2.24) is 14.9 Å². The molecule has 2 heterocycles. The molecule has 2 fully saturated rings. The maximum Gasteiger partial charge on any atom is 0.306 e. The van der Waals surface area contributed by atoms with E-state index >= 15 is 0 Å². The summed E-state index contributed by atoms with van der Waals surface area (Å²) >= 11 is 3.47. The molecule has 3 aromatic rings. The number of nitrogens with zero attached hydrogens (tertiary/aromatic N) is 2. The molecule has 2 aromatic heterocycles. The van der Waals surface area contributed by atoms with Crippen molar-refractivity contribution in [3.8, 4) is 5.88 Å². The lowest BCUT2D eigenvalue weighted by Gasteiger charge is -2.56. The van der Waals surface area contributed by atoms with Gasteiger partial charge in [0, 0.05) is 29.5 Å². The molecule has 33 heavy (non-hydrogen) atoms. The third-order valence-corrected chi connectivity index (χ3v) is 7.48. The van der Waals surface area contributed by atoms with Crippen LogP contribution in [0.1, 0.15) is 48.5 Å². The average Bonchev–Trinajstić information content (AvgIpc) is 3.14. The molecule has 0 aliphatic heterocycles. The summed E-state index contributed by atoms with van der Waals surface area (Å²) in [4.78, 5) is 28.8. The molecule has 2 saturated carbocycles. The highest BCUT2D eigenvalue weighted by atomic mass is 79.9. The summed E-state index contributed by atoms with van der Waals surface area (Å²) in [6, 6.07) is 10.1. The molecule has 1 amide bonds. The largest absolute Gasteiger partial charge is 0.481 e. The molecule has 0 bridgehead atoms. The molecule has 1 spiro atoms. The molecular weight excluding hydrogens is 486 g/mol. The number of carboxylic acid groups (broad SMARTS) is 1. The van der Waals surface area contributed by atoms with Crippen molar-refractivity contribution in [2.75, 3.05) is 6.61 Å². The number of benzene rings is 1. The van der Waals surface area contributed by atoms with Crippen molar-refractivity contribution in [3.63, 3.8) is 0 Å². The van der Waals surface area contributed by atoms with Crippen LogP contribution in [0.25, 0.3) is 10.9 Å². The lowest BCUT2D eigenvalue weighted by Crippen LogP contribution is -2.57. The molecule has 172 valence electrons. The molecule has 0 unspecified atom stereocenters. The van der Waals surface area contributed by atoms with Gasteiger partial charge in [0.1, 0.15) is 0 Å². The SMILES string of the molecule is CCOc1ncc(C(=O)NC2CC3(C2)CC(C(=O)O)C3)c2c1ccn2Cc1ccc(Br)cc1. The third-order valence-electron chi connectivity index (χ3n) is 6.95. The van der Waals surface area contributed by atoms with Crippen molar-refractivity contribution < 1.29 is 19.4 Å². The normalized spacial score (nSPS) is 23.7. The molecule has 8 heteroatoms. The molecule has 2 aliphatic carbocycles. The van der Waals surface area contributed by atoms with Gasteiger partial charge in [-0.05, 0) is 61.8 Å². The molecule has 2 aliphatic rings. The topological polar surface area (TPSA) is 93.4 Å². The summed E-state index contributed by atoms with van der Waals surface area (Å²) < 4.78 is 8.79. The van der Waals surface area contributed by atoms with Crippen molar-refractivity contribution in [2.24, 2.45) is 11.3 Å². The standard InChI is InChI=1S/C25H26BrN3O4/c1-2-33-23-19-7-8-29(14-15-3-5-17(26)6-4-15)21(19)20(13-27-23)22(30)28-18-11-25(12-18)9-16(10-25)24(31)32/h3-8,13,16,18H,2,9-12,14H2,1H3,(H,28,30)(H,31,32). The number of pyridine rings is 1. The number of amides is 1. The number of aliphatic carboxylic acids is 1. The van der Waals surface area contributed by atoms with Crippen LogP contribution < -0.4 is 10.1 Å². The lowest BCUT2D eigenvalue weighted by atomic mass is 9.50. The van der Waals surface area contributed by atoms with Gasteiger partial charge in [0.25, 0.3) is 5.91 Å². The predicted octanol–water partition coefficient (Wildman–Crippen LogP) is 4.62. The van der Waals surface area contributed by atoms with Gasteiger partial charge in [-0.25, -0.2) is 4.98 Å². The first-order chi connectivity index (χ1) is 15.9. The van der Waals surface area contributed by atoms with E-state index in [1.807, 2.05) is 31.3 Å². The molecule has 2 N–H and O–H groups in total. The Bertz CT molecular complexity index is 1210. The fraction of sp³-hybridized carbons (Fsp3) is 0.400. The Morgan fingerprint density at radius 2 is 1.94 bits per heavy atom. The lowest BCUT2D eigenvalue weighted by molar-refractivity contribution is -0.155. The van der Waals surface area contributed by atoms with E-state index in [2.05, 4.69) is 42.9 Å². The molecule has 0 radical (unpaired) electrons. The Morgan fingerprint density at radius 1 is 1.21 bits per heavy atom. The Kier molecular flexibility index (Phi) is 5.64. The van der Waals surface area contributed by atoms with Crippen LogP contribution in [0.15, 0.2) is 47.2 Å². The van der Waals surface area contributed by atoms with Crippen LogP contribution in [0.5, 0.6) is 5.88 Å². The van der Waals surface area contributed by atoms with Crippen LogP contribution >= 0.6 is 15.9 Å². The van der Waals surface area contributed by atoms with Crippen LogP contribution in [-0.4, -0.2) is 39.2 Å². The number of carbonyl (C=O) groups is 2. The summed E-state index contributed by atoms with van der Waals surface area (Å²) in [7, 11) is 0. The number of nitrogens with one attached hydrogen (secondary N) is 1. The highest BCUT2D eigenvalue weighted by molar-refractivity contribution is 9.10. The Balaban J connectivity index is 1.37. The molecule has 5 rings (SSSR count). The van der Waals surface area contributed by atoms with E-state index < -0.39 is 5.97 Å². The monoisotopic (exact) mass is 511 g/mol. The van der Waals surface area contributed by atoms with Gasteiger partial charge in [0.2, 0.25) is 5.88 Å². The van der Waals surface area contributed by atoms with Crippen LogP contribution in [0.3, 0.4) is 0 Å². The predicted molar refractivity (Wildman–Crippen MR) is 127 cm³/mol. The van der Waals surface area contributed by atoms with Crippen molar-refractivity contribution in [2.45, 2.75) is 45.2 Å². The average molecular weight is 512 g/mol. The van der Waals surface area contributed by atoms with E-state index in [1.165, 1.54) is 0 Å². The molecule has 7 nitrogen and oxygen atoms in total. The number of hydrogen-bond donors (Lipinski definition) is 2. The number of fused-ring (bicyclic) bond motifs is 1. The van der Waals surface area contributed by atoms with E-state index in [9.17, 15) is 9.59 Å². The maximum absolute atomic E-state index is 13.3. The maximum atomic E-state index is 13.3. The minimum Gasteiger partial charge on any atom is -0.481 e. The summed E-state index contributed by atoms with van der Waals surface area (Å²) in [5, 5.41) is 13.1. The number of ether oxygens (including phenoxy) is 1. The van der Waals surface area contributed by atoms with E-state index in [0.29, 0.717) is 24.6 Å². The second kappa shape index (κ2) is 8.48. The Hall–Kier alpha value is -2.87. The van der Waals surface area contributed by atoms with Gasteiger partial charge in [-0.2, -0.15) is 0 Å². The number of carbonyl (C=O) groups excluding carboxylic acids is 1. The summed E-state index contributed by atoms with van der Waals surface area (Å²) in [6.45, 7) is 3.03. The molecule has 0 saturated heterocycles. The second-order valence-electron chi connectivity index (χ2n) is 9.26. The smallest absolute Gasteiger partial charge is 0.306 e. The first-order valence-electron chi connectivity index (χ1n) is 11.3. The Labute approximate surface area is 200 Å². The Morgan fingerprint density at radius 3 is 2.61 bits per heavy atom. The number of aromatic nitrogens is 2. The van der Waals surface area contributed by atoms with E-state index in [-0.39, 0.29) is 23.3 Å². The number of carboxylic acids is 1. The van der Waals surface area contributed by atoms with Crippen molar-refractivity contribution >= 4 is 38.7 Å². The van der Waals surface area contributed by atoms with Gasteiger partial charge in [-0.3, -0.25) is 9.59 Å². The van der Waals surface area contributed by atoms with Gasteiger partial charge < -0.3 is 19.7 Å². The minimum absolute atomic E-state index is 0.0729. The second-order valence-corrected chi connectivity index (χ2v) is 10.2. The van der Waals surface area contributed by atoms with Crippen LogP contribution in [0.4, 0.5) is 0 Å². The summed E-state index contributed by atoms with van der Waals surface area (Å²) in [5.41, 5.74) is 2.55. The summed E-state index contributed by atoms with van der Waals surface area (Å²) in [5.74, 6) is -0.559. The van der Waals surface area contributed by atoms with Crippen LogP contribution in [-0.2, 0) is 11.3 Å². The zero-order chi connectivity index (χ0) is 23.2.